The van der Waals surface area contributed by atoms with E-state index >= 15 is 0 Å². The largest absolute Gasteiger partial charge is 0.363 e. The maximum absolute atomic E-state index is 12.3. The monoisotopic (exact) mass is 300 g/mol. The van der Waals surface area contributed by atoms with Gasteiger partial charge in [0.1, 0.15) is 0 Å². The highest BCUT2D eigenvalue weighted by atomic mass is 32.2. The van der Waals surface area contributed by atoms with E-state index in [1.54, 1.807) is 6.07 Å². The number of sulfonamides is 1. The zero-order chi connectivity index (χ0) is 14.8. The number of likely N-dealkylation sites (N-methyl/N-ethyl adjacent to an activating group) is 1. The lowest BCUT2D eigenvalue weighted by molar-refractivity contribution is 0.162. The van der Waals surface area contributed by atoms with E-state index in [1.165, 1.54) is 6.20 Å². The third-order valence-corrected chi connectivity index (χ3v) is 5.70. The Balaban J connectivity index is 2.08. The van der Waals surface area contributed by atoms with E-state index in [4.69, 9.17) is 5.73 Å². The second-order valence-electron chi connectivity index (χ2n) is 5.72. The highest BCUT2D eigenvalue weighted by Gasteiger charge is 2.37. The molecule has 1 fully saturated rings. The standard InChI is InChI=1S/C13H24N4O2S/c1-17(2)13(5-3-4-6-13)10-16-20(18,19)12-7-11(8-14)15-9-12/h7,9,15-16H,3-6,8,10,14H2,1-2H3. The van der Waals surface area contributed by atoms with E-state index < -0.39 is 10.0 Å². The maximum Gasteiger partial charge on any atom is 0.242 e. The number of hydrogen-bond acceptors (Lipinski definition) is 4. The molecule has 0 aliphatic heterocycles. The van der Waals surface area contributed by atoms with E-state index in [9.17, 15) is 8.42 Å². The normalized spacial score (nSPS) is 18.8. The number of nitrogens with two attached hydrogens (primary N) is 1. The molecule has 1 aliphatic rings. The summed E-state index contributed by atoms with van der Waals surface area (Å²) in [5, 5.41) is 0. The van der Waals surface area contributed by atoms with Crippen LogP contribution in [-0.4, -0.2) is 44.5 Å². The minimum Gasteiger partial charge on any atom is -0.363 e. The zero-order valence-corrected chi connectivity index (χ0v) is 13.0. The van der Waals surface area contributed by atoms with Crippen molar-refractivity contribution in [1.82, 2.24) is 14.6 Å². The number of nitrogens with zero attached hydrogens (tertiary/aromatic N) is 1. The van der Waals surface area contributed by atoms with Crippen molar-refractivity contribution < 1.29 is 8.42 Å². The molecule has 1 aromatic heterocycles. The van der Waals surface area contributed by atoms with Crippen molar-refractivity contribution in [2.75, 3.05) is 20.6 Å². The summed E-state index contributed by atoms with van der Waals surface area (Å²) in [5.41, 5.74) is 6.15. The molecule has 1 aliphatic carbocycles. The fraction of sp³-hybridized carbons (Fsp3) is 0.692. The summed E-state index contributed by atoms with van der Waals surface area (Å²) in [4.78, 5) is 5.27. The van der Waals surface area contributed by atoms with Gasteiger partial charge in [0, 0.05) is 30.5 Å². The van der Waals surface area contributed by atoms with Gasteiger partial charge in [-0.3, -0.25) is 0 Å². The van der Waals surface area contributed by atoms with Crippen LogP contribution in [0.4, 0.5) is 0 Å². The van der Waals surface area contributed by atoms with E-state index in [0.29, 0.717) is 18.8 Å². The highest BCUT2D eigenvalue weighted by Crippen LogP contribution is 2.33. The summed E-state index contributed by atoms with van der Waals surface area (Å²) in [5.74, 6) is 0. The van der Waals surface area contributed by atoms with Gasteiger partial charge in [-0.15, -0.1) is 0 Å². The molecule has 20 heavy (non-hydrogen) atoms. The van der Waals surface area contributed by atoms with Crippen molar-refractivity contribution in [1.29, 1.82) is 0 Å². The van der Waals surface area contributed by atoms with Gasteiger partial charge < -0.3 is 15.6 Å². The van der Waals surface area contributed by atoms with Crippen LogP contribution in [0.1, 0.15) is 31.4 Å². The summed E-state index contributed by atoms with van der Waals surface area (Å²) >= 11 is 0. The average molecular weight is 300 g/mol. The van der Waals surface area contributed by atoms with Crippen LogP contribution in [0.25, 0.3) is 0 Å². The number of hydrogen-bond donors (Lipinski definition) is 3. The van der Waals surface area contributed by atoms with E-state index in [0.717, 1.165) is 25.7 Å². The molecule has 0 radical (unpaired) electrons. The number of nitrogens with one attached hydrogen (secondary N) is 2. The molecule has 7 heteroatoms. The molecule has 1 heterocycles. The van der Waals surface area contributed by atoms with Crippen LogP contribution in [0, 0.1) is 0 Å². The smallest absolute Gasteiger partial charge is 0.242 e. The van der Waals surface area contributed by atoms with E-state index in [2.05, 4.69) is 14.6 Å². The molecule has 1 saturated carbocycles. The summed E-state index contributed by atoms with van der Waals surface area (Å²) < 4.78 is 27.3. The van der Waals surface area contributed by atoms with Crippen molar-refractivity contribution >= 4 is 10.0 Å². The Morgan fingerprint density at radius 2 is 2.05 bits per heavy atom. The van der Waals surface area contributed by atoms with Crippen molar-refractivity contribution in [2.45, 2.75) is 42.7 Å². The molecule has 2 rings (SSSR count). The summed E-state index contributed by atoms with van der Waals surface area (Å²) in [7, 11) is 0.560. The van der Waals surface area contributed by atoms with Crippen LogP contribution in [0.3, 0.4) is 0 Å². The molecule has 1 aromatic rings. The van der Waals surface area contributed by atoms with Crippen LogP contribution >= 0.6 is 0 Å². The third-order valence-electron chi connectivity index (χ3n) is 4.32. The first-order valence-electron chi connectivity index (χ1n) is 6.94. The Morgan fingerprint density at radius 3 is 2.55 bits per heavy atom. The SMILES string of the molecule is CN(C)C1(CNS(=O)(=O)c2c[nH]c(CN)c2)CCCC1. The topological polar surface area (TPSA) is 91.2 Å². The Kier molecular flexibility index (Phi) is 4.53. The molecule has 0 atom stereocenters. The first kappa shape index (κ1) is 15.5. The minimum absolute atomic E-state index is 0.0555. The molecule has 0 saturated heterocycles. The first-order chi connectivity index (χ1) is 9.39. The van der Waals surface area contributed by atoms with Crippen molar-refractivity contribution in [3.05, 3.63) is 18.0 Å². The van der Waals surface area contributed by atoms with Crippen LogP contribution in [0.5, 0.6) is 0 Å². The van der Waals surface area contributed by atoms with Gasteiger partial charge in [-0.05, 0) is 33.0 Å². The van der Waals surface area contributed by atoms with Gasteiger partial charge in [-0.2, -0.15) is 0 Å². The van der Waals surface area contributed by atoms with Gasteiger partial charge in [0.05, 0.1) is 4.90 Å². The molecule has 6 nitrogen and oxygen atoms in total. The lowest BCUT2D eigenvalue weighted by Crippen LogP contribution is -2.50. The quantitative estimate of drug-likeness (QED) is 0.718. The average Bonchev–Trinajstić information content (AvgIpc) is 3.06. The zero-order valence-electron chi connectivity index (χ0n) is 12.1. The molecule has 0 spiro atoms. The second-order valence-corrected chi connectivity index (χ2v) is 7.48. The van der Waals surface area contributed by atoms with Crippen molar-refractivity contribution in [3.63, 3.8) is 0 Å². The van der Waals surface area contributed by atoms with Gasteiger partial charge in [-0.25, -0.2) is 13.1 Å². The molecule has 4 N–H and O–H groups in total. The number of aromatic amines is 1. The summed E-state index contributed by atoms with van der Waals surface area (Å²) in [6.07, 6.45) is 5.86. The molecule has 0 aromatic carbocycles. The summed E-state index contributed by atoms with van der Waals surface area (Å²) in [6.45, 7) is 0.753. The third kappa shape index (κ3) is 3.06. The Hall–Kier alpha value is -0.890. The van der Waals surface area contributed by atoms with Gasteiger partial charge >= 0.3 is 0 Å². The van der Waals surface area contributed by atoms with Crippen LogP contribution in [0.15, 0.2) is 17.2 Å². The predicted molar refractivity (Wildman–Crippen MR) is 78.8 cm³/mol. The molecular weight excluding hydrogens is 276 g/mol. The fourth-order valence-corrected chi connectivity index (χ4v) is 3.96. The van der Waals surface area contributed by atoms with Gasteiger partial charge in [0.25, 0.3) is 0 Å². The number of aromatic nitrogens is 1. The maximum atomic E-state index is 12.3. The Morgan fingerprint density at radius 1 is 1.40 bits per heavy atom. The van der Waals surface area contributed by atoms with E-state index in [-0.39, 0.29) is 10.4 Å². The van der Waals surface area contributed by atoms with E-state index in [1.807, 2.05) is 14.1 Å². The molecule has 0 bridgehead atoms. The lowest BCUT2D eigenvalue weighted by atomic mass is 9.97. The van der Waals surface area contributed by atoms with Crippen LogP contribution < -0.4 is 10.5 Å². The molecular formula is C13H24N4O2S. The van der Waals surface area contributed by atoms with Crippen molar-refractivity contribution in [3.8, 4) is 0 Å². The molecule has 0 unspecified atom stereocenters. The summed E-state index contributed by atoms with van der Waals surface area (Å²) in [6, 6.07) is 1.58. The fourth-order valence-electron chi connectivity index (χ4n) is 2.82. The lowest BCUT2D eigenvalue weighted by Gasteiger charge is -2.36. The second kappa shape index (κ2) is 5.85. The van der Waals surface area contributed by atoms with Crippen LogP contribution in [-0.2, 0) is 16.6 Å². The molecule has 114 valence electrons. The number of H-pyrrole nitrogens is 1. The minimum atomic E-state index is -3.47. The Bertz CT molecular complexity index is 544. The van der Waals surface area contributed by atoms with Crippen LogP contribution in [0.2, 0.25) is 0 Å². The van der Waals surface area contributed by atoms with Crippen molar-refractivity contribution in [2.24, 2.45) is 5.73 Å². The highest BCUT2D eigenvalue weighted by molar-refractivity contribution is 7.89. The van der Waals surface area contributed by atoms with Gasteiger partial charge in [0.15, 0.2) is 0 Å². The number of rotatable bonds is 6. The van der Waals surface area contributed by atoms with Gasteiger partial charge in [-0.1, -0.05) is 12.8 Å². The first-order valence-corrected chi connectivity index (χ1v) is 8.42. The Labute approximate surface area is 120 Å². The van der Waals surface area contributed by atoms with Gasteiger partial charge in [0.2, 0.25) is 10.0 Å². The molecule has 0 amide bonds. The predicted octanol–water partition coefficient (Wildman–Crippen LogP) is 0.626.